The van der Waals surface area contributed by atoms with Crippen molar-refractivity contribution in [2.24, 2.45) is 11.7 Å². The lowest BCUT2D eigenvalue weighted by atomic mass is 10.1. The van der Waals surface area contributed by atoms with Crippen LogP contribution in [0.15, 0.2) is 24.3 Å². The second-order valence-electron chi connectivity index (χ2n) is 6.89. The Balaban J connectivity index is -0.000000209. The molecule has 0 fully saturated rings. The zero-order valence-corrected chi connectivity index (χ0v) is 23.2. The van der Waals surface area contributed by atoms with Crippen LogP contribution in [-0.4, -0.2) is 51.6 Å². The molecule has 1 aromatic carbocycles. The Kier molecular flexibility index (Phi) is 34.5. The van der Waals surface area contributed by atoms with Gasteiger partial charge in [-0.05, 0) is 51.1 Å². The van der Waals surface area contributed by atoms with Crippen LogP contribution in [0.25, 0.3) is 0 Å². The number of carbonyl (C=O) groups is 3. The highest BCUT2D eigenvalue weighted by molar-refractivity contribution is 5.93. The molecule has 9 nitrogen and oxygen atoms in total. The van der Waals surface area contributed by atoms with Gasteiger partial charge in [0, 0.05) is 24.8 Å². The summed E-state index contributed by atoms with van der Waals surface area (Å²) in [5.74, 6) is 0.512. The summed E-state index contributed by atoms with van der Waals surface area (Å²) in [4.78, 5) is 31.1. The second-order valence-corrected chi connectivity index (χ2v) is 6.89. The highest BCUT2D eigenvalue weighted by atomic mass is 16.2. The fourth-order valence-corrected chi connectivity index (χ4v) is 1.83. The zero-order chi connectivity index (χ0) is 27.4. The van der Waals surface area contributed by atoms with E-state index in [-0.39, 0.29) is 12.5 Å². The van der Waals surface area contributed by atoms with Crippen LogP contribution >= 0.6 is 0 Å². The van der Waals surface area contributed by atoms with E-state index < -0.39 is 6.03 Å². The summed E-state index contributed by atoms with van der Waals surface area (Å²) in [5, 5.41) is 13.6. The normalized spacial score (nSPS) is 9.62. The monoisotopic (exact) mass is 484 g/mol. The van der Waals surface area contributed by atoms with Gasteiger partial charge in [0.1, 0.15) is 0 Å². The van der Waals surface area contributed by atoms with Gasteiger partial charge in [-0.15, -0.1) is 0 Å². The summed E-state index contributed by atoms with van der Waals surface area (Å²) in [5.41, 5.74) is 6.59. The third-order valence-corrected chi connectivity index (χ3v) is 3.97. The van der Waals surface area contributed by atoms with Gasteiger partial charge in [-0.2, -0.15) is 0 Å². The van der Waals surface area contributed by atoms with Crippen LogP contribution in [0.2, 0.25) is 0 Å². The van der Waals surface area contributed by atoms with E-state index in [9.17, 15) is 14.4 Å². The first-order chi connectivity index (χ1) is 16.2. The highest BCUT2D eigenvalue weighted by Crippen LogP contribution is 2.08. The van der Waals surface area contributed by atoms with Gasteiger partial charge in [-0.3, -0.25) is 9.59 Å². The maximum Gasteiger partial charge on any atom is 0.312 e. The number of amides is 4. The summed E-state index contributed by atoms with van der Waals surface area (Å²) in [6.45, 7) is 18.0. The molecule has 9 heteroatoms. The second kappa shape index (κ2) is 30.4. The van der Waals surface area contributed by atoms with Crippen molar-refractivity contribution in [3.8, 4) is 0 Å². The fourth-order valence-electron chi connectivity index (χ4n) is 1.83. The molecule has 0 heterocycles. The molecule has 0 aliphatic rings. The topological polar surface area (TPSA) is 137 Å². The van der Waals surface area contributed by atoms with Crippen molar-refractivity contribution in [3.63, 3.8) is 0 Å². The molecule has 34 heavy (non-hydrogen) atoms. The summed E-state index contributed by atoms with van der Waals surface area (Å²) >= 11 is 0. The summed E-state index contributed by atoms with van der Waals surface area (Å²) in [6.07, 6.45) is 1.43. The van der Waals surface area contributed by atoms with E-state index in [4.69, 9.17) is 5.73 Å². The van der Waals surface area contributed by atoms with Crippen molar-refractivity contribution in [2.75, 3.05) is 32.5 Å². The number of hydrogen-bond donors (Lipinski definition) is 6. The van der Waals surface area contributed by atoms with Crippen molar-refractivity contribution < 1.29 is 14.4 Å². The Morgan fingerprint density at radius 1 is 1.00 bits per heavy atom. The molecule has 7 N–H and O–H groups in total. The van der Waals surface area contributed by atoms with Crippen molar-refractivity contribution >= 4 is 24.0 Å². The van der Waals surface area contributed by atoms with Gasteiger partial charge in [0.25, 0.3) is 0 Å². The van der Waals surface area contributed by atoms with Gasteiger partial charge in [0.05, 0.1) is 6.54 Å². The molecule has 0 saturated carbocycles. The van der Waals surface area contributed by atoms with Crippen LogP contribution in [0.4, 0.5) is 10.5 Å². The Bertz CT molecular complexity index is 581. The van der Waals surface area contributed by atoms with Crippen LogP contribution in [0.1, 0.15) is 67.4 Å². The van der Waals surface area contributed by atoms with Gasteiger partial charge in [0.15, 0.2) is 0 Å². The molecule has 0 aliphatic carbocycles. The molecule has 0 radical (unpaired) electrons. The molecule has 0 saturated heterocycles. The van der Waals surface area contributed by atoms with Crippen LogP contribution in [0, 0.1) is 5.92 Å². The van der Waals surface area contributed by atoms with E-state index in [0.717, 1.165) is 30.1 Å². The van der Waals surface area contributed by atoms with Crippen molar-refractivity contribution in [1.82, 2.24) is 21.3 Å². The van der Waals surface area contributed by atoms with Crippen LogP contribution in [-0.2, 0) is 16.1 Å². The van der Waals surface area contributed by atoms with Gasteiger partial charge in [-0.1, -0.05) is 60.6 Å². The minimum absolute atomic E-state index is 0.0121. The average molecular weight is 485 g/mol. The fraction of sp³-hybridized carbons (Fsp3) is 0.640. The van der Waals surface area contributed by atoms with Crippen molar-refractivity contribution in [2.45, 2.75) is 74.4 Å². The number of urea groups is 1. The highest BCUT2D eigenvalue weighted by Gasteiger charge is 2.01. The van der Waals surface area contributed by atoms with E-state index in [1.165, 1.54) is 0 Å². The van der Waals surface area contributed by atoms with Gasteiger partial charge in [-0.25, -0.2) is 4.79 Å². The first-order valence-electron chi connectivity index (χ1n) is 12.1. The largest absolute Gasteiger partial charge is 0.352 e. The number of primary amides is 1. The number of benzene rings is 1. The number of anilines is 1. The molecule has 1 aromatic rings. The molecule has 200 valence electrons. The summed E-state index contributed by atoms with van der Waals surface area (Å²) in [7, 11) is 3.87. The van der Waals surface area contributed by atoms with E-state index in [2.05, 4.69) is 47.4 Å². The third kappa shape index (κ3) is 29.4. The Morgan fingerprint density at radius 2 is 1.53 bits per heavy atom. The molecular formula is C25H52N6O3. The SMILES string of the molecule is CC.CC.CCCNC(N)=O.CNC(C)C(C)C.CNCc1ccc(NC(=O)CNC=O)cc1. The maximum absolute atomic E-state index is 11.2. The third-order valence-electron chi connectivity index (χ3n) is 3.97. The number of hydrogen-bond acceptors (Lipinski definition) is 5. The molecule has 1 atom stereocenters. The number of carbonyl (C=O) groups excluding carboxylic acids is 3. The molecular weight excluding hydrogens is 432 g/mol. The van der Waals surface area contributed by atoms with Crippen LogP contribution in [0.5, 0.6) is 0 Å². The molecule has 0 aliphatic heterocycles. The minimum atomic E-state index is -0.443. The molecule has 4 amide bonds. The molecule has 1 unspecified atom stereocenters. The molecule has 0 spiro atoms. The van der Waals surface area contributed by atoms with E-state index in [0.29, 0.717) is 19.0 Å². The minimum Gasteiger partial charge on any atom is -0.352 e. The molecule has 1 rings (SSSR count). The molecule has 0 aromatic heterocycles. The number of nitrogens with one attached hydrogen (secondary N) is 5. The summed E-state index contributed by atoms with van der Waals surface area (Å²) < 4.78 is 0. The Morgan fingerprint density at radius 3 is 1.82 bits per heavy atom. The van der Waals surface area contributed by atoms with E-state index >= 15 is 0 Å². The quantitative estimate of drug-likeness (QED) is 0.283. The van der Waals surface area contributed by atoms with Crippen molar-refractivity contribution in [1.29, 1.82) is 0 Å². The molecule has 0 bridgehead atoms. The smallest absolute Gasteiger partial charge is 0.312 e. The zero-order valence-electron chi connectivity index (χ0n) is 23.2. The predicted octanol–water partition coefficient (Wildman–Crippen LogP) is 3.46. The van der Waals surface area contributed by atoms with Crippen LogP contribution < -0.4 is 32.3 Å². The predicted molar refractivity (Wildman–Crippen MR) is 146 cm³/mol. The van der Waals surface area contributed by atoms with E-state index in [1.807, 2.05) is 73.0 Å². The van der Waals surface area contributed by atoms with Crippen LogP contribution in [0.3, 0.4) is 0 Å². The Labute approximate surface area is 208 Å². The van der Waals surface area contributed by atoms with Crippen molar-refractivity contribution in [3.05, 3.63) is 29.8 Å². The lowest BCUT2D eigenvalue weighted by Gasteiger charge is -2.12. The van der Waals surface area contributed by atoms with Gasteiger partial charge >= 0.3 is 6.03 Å². The summed E-state index contributed by atoms with van der Waals surface area (Å²) in [6, 6.07) is 7.72. The van der Waals surface area contributed by atoms with Gasteiger partial charge in [0.2, 0.25) is 12.3 Å². The van der Waals surface area contributed by atoms with E-state index in [1.54, 1.807) is 0 Å². The van der Waals surface area contributed by atoms with Gasteiger partial charge < -0.3 is 32.3 Å². The first kappa shape index (κ1) is 38.6. The maximum atomic E-state index is 11.2. The Hall–Kier alpha value is -2.65. The number of rotatable bonds is 10. The lowest BCUT2D eigenvalue weighted by Crippen LogP contribution is -2.29. The average Bonchev–Trinajstić information content (AvgIpc) is 2.85. The lowest BCUT2D eigenvalue weighted by molar-refractivity contribution is -0.118. The number of nitrogens with two attached hydrogens (primary N) is 1. The first-order valence-corrected chi connectivity index (χ1v) is 12.1. The standard InChI is InChI=1S/C11H15N3O2.C6H15N.C4H10N2O.2C2H6/c1-12-6-9-2-4-10(5-3-9)14-11(16)7-13-8-15;1-5(2)6(3)7-4;1-2-3-6-4(5)7;2*1-2/h2-5,8,12H,6-7H2,1H3,(H,13,15)(H,14,16);5-7H,1-4H3;2-3H2,1H3,(H3,5,6,7);2*1-2H3.